The van der Waals surface area contributed by atoms with Crippen molar-refractivity contribution in [2.45, 2.75) is 38.7 Å². The van der Waals surface area contributed by atoms with Gasteiger partial charge < -0.3 is 14.6 Å². The fourth-order valence-corrected chi connectivity index (χ4v) is 4.10. The van der Waals surface area contributed by atoms with Gasteiger partial charge in [-0.1, -0.05) is 18.2 Å². The molecule has 3 aromatic rings. The van der Waals surface area contributed by atoms with Gasteiger partial charge in [-0.05, 0) is 44.9 Å². The predicted molar refractivity (Wildman–Crippen MR) is 118 cm³/mol. The number of nitrogens with zero attached hydrogens (tertiary/aromatic N) is 4. The van der Waals surface area contributed by atoms with Gasteiger partial charge in [0.15, 0.2) is 5.82 Å². The second-order valence-electron chi connectivity index (χ2n) is 8.28. The topological polar surface area (TPSA) is 84.0 Å². The minimum absolute atomic E-state index is 0.0585. The van der Waals surface area contributed by atoms with Crippen molar-refractivity contribution in [2.75, 3.05) is 13.1 Å². The first kappa shape index (κ1) is 19.5. The SMILES string of the molecule is CC(C)Oc1cccc(-c2nccnc2C2CN(C(=O)c3nc4c([nH]3)CCC=C4)C2)c1. The van der Waals surface area contributed by atoms with Crippen LogP contribution in [-0.4, -0.2) is 49.9 Å². The number of aromatic amines is 1. The van der Waals surface area contributed by atoms with Crippen molar-refractivity contribution in [1.29, 1.82) is 0 Å². The number of amides is 1. The Morgan fingerprint density at radius 2 is 2.06 bits per heavy atom. The fraction of sp³-hybridized carbons (Fsp3) is 0.333. The van der Waals surface area contributed by atoms with E-state index in [0.717, 1.165) is 46.9 Å². The van der Waals surface area contributed by atoms with Crippen LogP contribution in [0.1, 0.15) is 53.9 Å². The number of carbonyl (C=O) groups excluding carboxylic acids is 1. The maximum atomic E-state index is 12.9. The molecule has 7 nitrogen and oxygen atoms in total. The minimum Gasteiger partial charge on any atom is -0.491 e. The number of H-pyrrole nitrogens is 1. The van der Waals surface area contributed by atoms with Crippen LogP contribution < -0.4 is 4.74 Å². The average molecular weight is 415 g/mol. The molecule has 0 saturated carbocycles. The Balaban J connectivity index is 1.33. The van der Waals surface area contributed by atoms with Crippen molar-refractivity contribution in [3.8, 4) is 17.0 Å². The average Bonchev–Trinajstić information content (AvgIpc) is 3.17. The fourth-order valence-electron chi connectivity index (χ4n) is 4.10. The van der Waals surface area contributed by atoms with Crippen LogP contribution in [-0.2, 0) is 6.42 Å². The van der Waals surface area contributed by atoms with Gasteiger partial charge >= 0.3 is 0 Å². The first-order chi connectivity index (χ1) is 15.1. The first-order valence-corrected chi connectivity index (χ1v) is 10.7. The van der Waals surface area contributed by atoms with E-state index in [-0.39, 0.29) is 17.9 Å². The van der Waals surface area contributed by atoms with Crippen LogP contribution in [0.4, 0.5) is 0 Å². The highest BCUT2D eigenvalue weighted by atomic mass is 16.5. The standard InChI is InChI=1S/C24H25N5O2/c1-15(2)31-18-7-5-6-16(12-18)21-22(26-11-10-25-21)17-13-29(14-17)24(30)23-27-19-8-3-4-9-20(19)28-23/h3,5-8,10-12,15,17H,4,9,13-14H2,1-2H3,(H,27,28). The van der Waals surface area contributed by atoms with Gasteiger partial charge in [0.25, 0.3) is 5.91 Å². The Morgan fingerprint density at radius 3 is 2.87 bits per heavy atom. The number of fused-ring (bicyclic) bond motifs is 1. The van der Waals surface area contributed by atoms with Gasteiger partial charge in [0.1, 0.15) is 5.75 Å². The molecule has 1 aliphatic heterocycles. The van der Waals surface area contributed by atoms with Gasteiger partial charge in [0.05, 0.1) is 23.2 Å². The molecular formula is C24H25N5O2. The zero-order valence-corrected chi connectivity index (χ0v) is 17.7. The third-order valence-electron chi connectivity index (χ3n) is 5.61. The van der Waals surface area contributed by atoms with Gasteiger partial charge in [-0.15, -0.1) is 0 Å². The number of hydrogen-bond donors (Lipinski definition) is 1. The lowest BCUT2D eigenvalue weighted by atomic mass is 9.92. The molecule has 1 amide bonds. The molecule has 0 unspecified atom stereocenters. The number of ether oxygens (including phenoxy) is 1. The monoisotopic (exact) mass is 415 g/mol. The van der Waals surface area contributed by atoms with E-state index in [4.69, 9.17) is 4.74 Å². The van der Waals surface area contributed by atoms with Crippen molar-refractivity contribution in [3.05, 3.63) is 65.6 Å². The third kappa shape index (κ3) is 3.83. The zero-order valence-electron chi connectivity index (χ0n) is 17.7. The van der Waals surface area contributed by atoms with Crippen molar-refractivity contribution in [2.24, 2.45) is 0 Å². The van der Waals surface area contributed by atoms with E-state index in [1.165, 1.54) is 0 Å². The summed E-state index contributed by atoms with van der Waals surface area (Å²) in [7, 11) is 0. The summed E-state index contributed by atoms with van der Waals surface area (Å²) in [5, 5.41) is 0. The number of imidazole rings is 1. The molecule has 0 bridgehead atoms. The van der Waals surface area contributed by atoms with Gasteiger partial charge in [0, 0.05) is 42.7 Å². The molecule has 158 valence electrons. The highest BCUT2D eigenvalue weighted by molar-refractivity contribution is 5.92. The largest absolute Gasteiger partial charge is 0.491 e. The molecule has 0 spiro atoms. The van der Waals surface area contributed by atoms with Crippen LogP contribution in [0.3, 0.4) is 0 Å². The van der Waals surface area contributed by atoms with Crippen molar-refractivity contribution < 1.29 is 9.53 Å². The van der Waals surface area contributed by atoms with E-state index in [9.17, 15) is 4.79 Å². The van der Waals surface area contributed by atoms with E-state index >= 15 is 0 Å². The number of benzene rings is 1. The summed E-state index contributed by atoms with van der Waals surface area (Å²) in [5.74, 6) is 1.32. The lowest BCUT2D eigenvalue weighted by Gasteiger charge is -2.38. The number of nitrogens with one attached hydrogen (secondary N) is 1. The predicted octanol–water partition coefficient (Wildman–Crippen LogP) is 3.85. The summed E-state index contributed by atoms with van der Waals surface area (Å²) < 4.78 is 5.83. The summed E-state index contributed by atoms with van der Waals surface area (Å²) in [5.41, 5.74) is 4.65. The van der Waals surface area contributed by atoms with Crippen molar-refractivity contribution in [3.63, 3.8) is 0 Å². The number of rotatable bonds is 5. The van der Waals surface area contributed by atoms with E-state index in [2.05, 4.69) is 26.0 Å². The number of allylic oxidation sites excluding steroid dienone is 1. The molecule has 1 fully saturated rings. The van der Waals surface area contributed by atoms with Gasteiger partial charge in [-0.3, -0.25) is 14.8 Å². The molecule has 1 aromatic carbocycles. The summed E-state index contributed by atoms with van der Waals surface area (Å²) in [6.07, 6.45) is 9.47. The molecule has 7 heteroatoms. The summed E-state index contributed by atoms with van der Waals surface area (Å²) in [6, 6.07) is 7.93. The van der Waals surface area contributed by atoms with Gasteiger partial charge in [-0.25, -0.2) is 4.98 Å². The van der Waals surface area contributed by atoms with Gasteiger partial charge in [0.2, 0.25) is 0 Å². The Hall–Kier alpha value is -3.48. The number of likely N-dealkylation sites (tertiary alicyclic amines) is 1. The van der Waals surface area contributed by atoms with E-state index in [0.29, 0.717) is 18.9 Å². The maximum Gasteiger partial charge on any atom is 0.289 e. The minimum atomic E-state index is -0.0585. The molecule has 3 heterocycles. The maximum absolute atomic E-state index is 12.9. The Labute approximate surface area is 181 Å². The number of aryl methyl sites for hydroxylation is 1. The Kier molecular flexibility index (Phi) is 5.02. The Morgan fingerprint density at radius 1 is 1.23 bits per heavy atom. The molecule has 2 aromatic heterocycles. The second kappa shape index (κ2) is 7.98. The molecule has 1 saturated heterocycles. The smallest absolute Gasteiger partial charge is 0.289 e. The van der Waals surface area contributed by atoms with Crippen LogP contribution in [0.15, 0.2) is 42.7 Å². The molecule has 5 rings (SSSR count). The van der Waals surface area contributed by atoms with Crippen molar-refractivity contribution >= 4 is 12.0 Å². The first-order valence-electron chi connectivity index (χ1n) is 10.7. The molecule has 0 radical (unpaired) electrons. The molecule has 2 aliphatic rings. The highest BCUT2D eigenvalue weighted by Gasteiger charge is 2.36. The molecule has 1 aliphatic carbocycles. The van der Waals surface area contributed by atoms with Crippen LogP contribution >= 0.6 is 0 Å². The van der Waals surface area contributed by atoms with E-state index < -0.39 is 0 Å². The molecule has 0 atom stereocenters. The normalized spacial score (nSPS) is 15.6. The number of aromatic nitrogens is 4. The molecular weight excluding hydrogens is 390 g/mol. The van der Waals surface area contributed by atoms with Crippen LogP contribution in [0, 0.1) is 0 Å². The quantitative estimate of drug-likeness (QED) is 0.684. The molecule has 31 heavy (non-hydrogen) atoms. The summed E-state index contributed by atoms with van der Waals surface area (Å²) in [4.78, 5) is 31.6. The van der Waals surface area contributed by atoms with Crippen LogP contribution in [0.25, 0.3) is 17.3 Å². The summed E-state index contributed by atoms with van der Waals surface area (Å²) >= 11 is 0. The third-order valence-corrected chi connectivity index (χ3v) is 5.61. The lowest BCUT2D eigenvalue weighted by molar-refractivity contribution is 0.0587. The van der Waals surface area contributed by atoms with E-state index in [1.807, 2.05) is 49.1 Å². The summed E-state index contributed by atoms with van der Waals surface area (Å²) in [6.45, 7) is 5.22. The number of carbonyl (C=O) groups is 1. The van der Waals surface area contributed by atoms with Gasteiger partial charge in [-0.2, -0.15) is 0 Å². The van der Waals surface area contributed by atoms with Crippen LogP contribution in [0.2, 0.25) is 0 Å². The van der Waals surface area contributed by atoms with E-state index in [1.54, 1.807) is 12.4 Å². The number of hydrogen-bond acceptors (Lipinski definition) is 5. The molecule has 1 N–H and O–H groups in total. The van der Waals surface area contributed by atoms with Crippen LogP contribution in [0.5, 0.6) is 5.75 Å². The lowest BCUT2D eigenvalue weighted by Crippen LogP contribution is -2.49. The van der Waals surface area contributed by atoms with Crippen molar-refractivity contribution in [1.82, 2.24) is 24.8 Å². The zero-order chi connectivity index (χ0) is 21.4. The highest BCUT2D eigenvalue weighted by Crippen LogP contribution is 2.34. The Bertz CT molecular complexity index is 1140. The second-order valence-corrected chi connectivity index (χ2v) is 8.28.